The topological polar surface area (TPSA) is 43.4 Å². The summed E-state index contributed by atoms with van der Waals surface area (Å²) < 4.78 is 10.8. The summed E-state index contributed by atoms with van der Waals surface area (Å²) in [5.41, 5.74) is 1.14. The monoisotopic (exact) mass is 258 g/mol. The third kappa shape index (κ3) is 3.45. The highest BCUT2D eigenvalue weighted by Gasteiger charge is 2.05. The number of nitrogens with zero attached hydrogens (tertiary/aromatic N) is 1. The van der Waals surface area contributed by atoms with Crippen molar-refractivity contribution in [1.29, 1.82) is 0 Å². The summed E-state index contributed by atoms with van der Waals surface area (Å²) in [6.45, 7) is 2.09. The predicted octanol–water partition coefficient (Wildman–Crippen LogP) is 3.16. The van der Waals surface area contributed by atoms with Crippen LogP contribution in [-0.4, -0.2) is 19.1 Å². The first-order chi connectivity index (χ1) is 9.22. The van der Waals surface area contributed by atoms with Gasteiger partial charge in [-0.1, -0.05) is 0 Å². The van der Waals surface area contributed by atoms with Crippen LogP contribution >= 0.6 is 0 Å². The zero-order valence-electron chi connectivity index (χ0n) is 11.4. The number of hydrogen-bond acceptors (Lipinski definition) is 4. The Labute approximate surface area is 113 Å². The van der Waals surface area contributed by atoms with E-state index in [4.69, 9.17) is 9.47 Å². The van der Waals surface area contributed by atoms with Gasteiger partial charge >= 0.3 is 0 Å². The van der Waals surface area contributed by atoms with Crippen molar-refractivity contribution in [2.45, 2.75) is 13.0 Å². The third-order valence-electron chi connectivity index (χ3n) is 2.97. The second-order valence-corrected chi connectivity index (χ2v) is 4.22. The van der Waals surface area contributed by atoms with Gasteiger partial charge in [-0.25, -0.2) is 4.98 Å². The lowest BCUT2D eigenvalue weighted by Crippen LogP contribution is -2.12. The van der Waals surface area contributed by atoms with Crippen molar-refractivity contribution in [3.63, 3.8) is 0 Å². The van der Waals surface area contributed by atoms with Gasteiger partial charge in [-0.15, -0.1) is 0 Å². The van der Waals surface area contributed by atoms with Crippen molar-refractivity contribution in [3.8, 4) is 17.4 Å². The molecule has 4 heteroatoms. The van der Waals surface area contributed by atoms with Crippen LogP contribution in [0.15, 0.2) is 42.6 Å². The van der Waals surface area contributed by atoms with Crippen LogP contribution in [0.25, 0.3) is 0 Å². The predicted molar refractivity (Wildman–Crippen MR) is 74.8 cm³/mol. The minimum Gasteiger partial charge on any atom is -0.497 e. The summed E-state index contributed by atoms with van der Waals surface area (Å²) in [6.07, 6.45) is 1.75. The van der Waals surface area contributed by atoms with Crippen LogP contribution in [-0.2, 0) is 0 Å². The van der Waals surface area contributed by atoms with Crippen LogP contribution in [0.4, 0.5) is 0 Å². The van der Waals surface area contributed by atoms with Gasteiger partial charge in [0.05, 0.1) is 7.11 Å². The lowest BCUT2D eigenvalue weighted by molar-refractivity contribution is 0.412. The molecule has 0 bridgehead atoms. The van der Waals surface area contributed by atoms with Gasteiger partial charge in [0.2, 0.25) is 5.88 Å². The zero-order chi connectivity index (χ0) is 13.7. The Morgan fingerprint density at radius 2 is 1.79 bits per heavy atom. The summed E-state index contributed by atoms with van der Waals surface area (Å²) in [4.78, 5) is 4.21. The summed E-state index contributed by atoms with van der Waals surface area (Å²) in [6, 6.07) is 11.6. The van der Waals surface area contributed by atoms with Gasteiger partial charge in [0.25, 0.3) is 0 Å². The van der Waals surface area contributed by atoms with Crippen molar-refractivity contribution >= 4 is 0 Å². The molecule has 1 N–H and O–H groups in total. The maximum atomic E-state index is 5.72. The minimum absolute atomic E-state index is 0.265. The first-order valence-electron chi connectivity index (χ1n) is 6.18. The molecular weight excluding hydrogens is 240 g/mol. The SMILES string of the molecule is CNC(C)c1ccnc(Oc2ccc(OC)cc2)c1. The van der Waals surface area contributed by atoms with Crippen molar-refractivity contribution in [2.75, 3.05) is 14.2 Å². The van der Waals surface area contributed by atoms with E-state index in [1.54, 1.807) is 13.3 Å². The van der Waals surface area contributed by atoms with Gasteiger partial charge < -0.3 is 14.8 Å². The molecule has 1 aromatic heterocycles. The normalized spacial score (nSPS) is 11.9. The first-order valence-corrected chi connectivity index (χ1v) is 6.18. The average Bonchev–Trinajstić information content (AvgIpc) is 2.47. The Bertz CT molecular complexity index is 526. The molecule has 1 aromatic carbocycles. The second-order valence-electron chi connectivity index (χ2n) is 4.22. The smallest absolute Gasteiger partial charge is 0.219 e. The molecule has 1 unspecified atom stereocenters. The van der Waals surface area contributed by atoms with E-state index in [-0.39, 0.29) is 6.04 Å². The van der Waals surface area contributed by atoms with Crippen LogP contribution in [0.1, 0.15) is 18.5 Å². The van der Waals surface area contributed by atoms with E-state index in [0.29, 0.717) is 5.88 Å². The van der Waals surface area contributed by atoms with Gasteiger partial charge in [-0.05, 0) is 49.9 Å². The van der Waals surface area contributed by atoms with E-state index in [1.165, 1.54) is 0 Å². The number of benzene rings is 1. The van der Waals surface area contributed by atoms with Gasteiger partial charge in [-0.3, -0.25) is 0 Å². The Morgan fingerprint density at radius 3 is 2.42 bits per heavy atom. The van der Waals surface area contributed by atoms with E-state index >= 15 is 0 Å². The minimum atomic E-state index is 0.265. The molecule has 0 saturated carbocycles. The Hall–Kier alpha value is -2.07. The van der Waals surface area contributed by atoms with E-state index < -0.39 is 0 Å². The number of nitrogens with one attached hydrogen (secondary N) is 1. The quantitative estimate of drug-likeness (QED) is 0.894. The molecule has 0 aliphatic carbocycles. The highest BCUT2D eigenvalue weighted by Crippen LogP contribution is 2.24. The molecule has 0 aliphatic rings. The number of hydrogen-bond donors (Lipinski definition) is 1. The molecule has 19 heavy (non-hydrogen) atoms. The molecule has 1 heterocycles. The zero-order valence-corrected chi connectivity index (χ0v) is 11.4. The molecular formula is C15H18N2O2. The van der Waals surface area contributed by atoms with E-state index in [2.05, 4.69) is 17.2 Å². The molecule has 2 rings (SSSR count). The van der Waals surface area contributed by atoms with Crippen LogP contribution in [0, 0.1) is 0 Å². The summed E-state index contributed by atoms with van der Waals surface area (Å²) in [5, 5.41) is 3.19. The lowest BCUT2D eigenvalue weighted by Gasteiger charge is -2.12. The van der Waals surface area contributed by atoms with Crippen molar-refractivity contribution in [2.24, 2.45) is 0 Å². The Balaban J connectivity index is 2.13. The third-order valence-corrected chi connectivity index (χ3v) is 2.97. The van der Waals surface area contributed by atoms with Crippen molar-refractivity contribution in [3.05, 3.63) is 48.2 Å². The van der Waals surface area contributed by atoms with Crippen molar-refractivity contribution in [1.82, 2.24) is 10.3 Å². The van der Waals surface area contributed by atoms with Crippen LogP contribution in [0.2, 0.25) is 0 Å². The number of pyridine rings is 1. The Morgan fingerprint density at radius 1 is 1.11 bits per heavy atom. The fourth-order valence-corrected chi connectivity index (χ4v) is 1.68. The van der Waals surface area contributed by atoms with E-state index in [9.17, 15) is 0 Å². The molecule has 1 atom stereocenters. The largest absolute Gasteiger partial charge is 0.497 e. The van der Waals surface area contributed by atoms with Gasteiger partial charge in [0.15, 0.2) is 0 Å². The fourth-order valence-electron chi connectivity index (χ4n) is 1.68. The van der Waals surface area contributed by atoms with Gasteiger partial charge in [-0.2, -0.15) is 0 Å². The van der Waals surface area contributed by atoms with Gasteiger partial charge in [0, 0.05) is 18.3 Å². The summed E-state index contributed by atoms with van der Waals surface area (Å²) >= 11 is 0. The lowest BCUT2D eigenvalue weighted by atomic mass is 10.1. The number of methoxy groups -OCH3 is 1. The van der Waals surface area contributed by atoms with E-state index in [0.717, 1.165) is 17.1 Å². The van der Waals surface area contributed by atoms with Crippen LogP contribution in [0.5, 0.6) is 17.4 Å². The maximum absolute atomic E-state index is 5.72. The molecule has 0 saturated heterocycles. The molecule has 0 amide bonds. The fraction of sp³-hybridized carbons (Fsp3) is 0.267. The standard InChI is InChI=1S/C15H18N2O2/c1-11(16-2)12-8-9-17-15(10-12)19-14-6-4-13(18-3)5-7-14/h4-11,16H,1-3H3. The Kier molecular flexibility index (Phi) is 4.36. The number of aromatic nitrogens is 1. The summed E-state index contributed by atoms with van der Waals surface area (Å²) in [5.74, 6) is 2.13. The van der Waals surface area contributed by atoms with Crippen LogP contribution in [0.3, 0.4) is 0 Å². The molecule has 0 aliphatic heterocycles. The highest BCUT2D eigenvalue weighted by atomic mass is 16.5. The number of ether oxygens (including phenoxy) is 2. The first kappa shape index (κ1) is 13.4. The van der Waals surface area contributed by atoms with Crippen LogP contribution < -0.4 is 14.8 Å². The summed E-state index contributed by atoms with van der Waals surface area (Å²) in [7, 11) is 3.56. The maximum Gasteiger partial charge on any atom is 0.219 e. The molecule has 100 valence electrons. The molecule has 0 fully saturated rings. The van der Waals surface area contributed by atoms with E-state index in [1.807, 2.05) is 43.4 Å². The number of rotatable bonds is 5. The molecule has 2 aromatic rings. The van der Waals surface area contributed by atoms with Crippen molar-refractivity contribution < 1.29 is 9.47 Å². The highest BCUT2D eigenvalue weighted by molar-refractivity contribution is 5.34. The molecule has 4 nitrogen and oxygen atoms in total. The second kappa shape index (κ2) is 6.20. The average molecular weight is 258 g/mol. The van der Waals surface area contributed by atoms with Gasteiger partial charge in [0.1, 0.15) is 11.5 Å². The molecule has 0 radical (unpaired) electrons. The molecule has 0 spiro atoms.